The lowest BCUT2D eigenvalue weighted by Crippen LogP contribution is -2.45. The second-order valence-electron chi connectivity index (χ2n) is 5.43. The Bertz CT molecular complexity index is 507. The van der Waals surface area contributed by atoms with Crippen molar-refractivity contribution in [1.29, 1.82) is 0 Å². The van der Waals surface area contributed by atoms with Crippen LogP contribution >= 0.6 is 24.0 Å². The summed E-state index contributed by atoms with van der Waals surface area (Å²) in [5.74, 6) is 2.15. The van der Waals surface area contributed by atoms with Crippen LogP contribution in [0.1, 0.15) is 19.4 Å². The van der Waals surface area contributed by atoms with Crippen LogP contribution in [0.15, 0.2) is 23.2 Å². The molecular weight excluding hydrogens is 409 g/mol. The highest BCUT2D eigenvalue weighted by atomic mass is 127. The summed E-state index contributed by atoms with van der Waals surface area (Å²) in [7, 11) is 6.69. The van der Waals surface area contributed by atoms with Gasteiger partial charge in [0.1, 0.15) is 0 Å². The summed E-state index contributed by atoms with van der Waals surface area (Å²) < 4.78 is 15.9. The molecule has 0 spiro atoms. The highest BCUT2D eigenvalue weighted by Crippen LogP contribution is 2.27. The first-order valence-electron chi connectivity index (χ1n) is 7.16. The van der Waals surface area contributed by atoms with E-state index in [4.69, 9.17) is 14.2 Å². The van der Waals surface area contributed by atoms with Crippen molar-refractivity contribution in [2.45, 2.75) is 26.0 Å². The fourth-order valence-corrected chi connectivity index (χ4v) is 1.77. The lowest BCUT2D eigenvalue weighted by atomic mass is 10.1. The van der Waals surface area contributed by atoms with E-state index in [1.54, 1.807) is 28.4 Å². The third kappa shape index (κ3) is 7.26. The van der Waals surface area contributed by atoms with Gasteiger partial charge in [-0.2, -0.15) is 0 Å². The molecule has 1 aromatic carbocycles. The summed E-state index contributed by atoms with van der Waals surface area (Å²) in [4.78, 5) is 4.20. The molecule has 0 fully saturated rings. The third-order valence-corrected chi connectivity index (χ3v) is 3.37. The van der Waals surface area contributed by atoms with Crippen molar-refractivity contribution in [3.05, 3.63) is 23.8 Å². The largest absolute Gasteiger partial charge is 0.493 e. The number of hydrogen-bond donors (Lipinski definition) is 2. The standard InChI is InChI=1S/C16H27N3O3.HI/c1-16(2,22-6)11-19-15(17-3)18-10-12-7-8-13(20-4)14(9-12)21-5;/h7-9H,10-11H2,1-6H3,(H2,17,18,19);1H. The van der Waals surface area contributed by atoms with E-state index in [0.29, 0.717) is 18.8 Å². The smallest absolute Gasteiger partial charge is 0.191 e. The van der Waals surface area contributed by atoms with Crippen molar-refractivity contribution in [1.82, 2.24) is 10.6 Å². The maximum absolute atomic E-state index is 5.38. The van der Waals surface area contributed by atoms with E-state index in [0.717, 1.165) is 17.3 Å². The van der Waals surface area contributed by atoms with E-state index in [9.17, 15) is 0 Å². The zero-order chi connectivity index (χ0) is 16.6. The first-order valence-corrected chi connectivity index (χ1v) is 7.16. The quantitative estimate of drug-likeness (QED) is 0.390. The summed E-state index contributed by atoms with van der Waals surface area (Å²) in [6.07, 6.45) is 0. The molecule has 132 valence electrons. The molecule has 0 saturated carbocycles. The fraction of sp³-hybridized carbons (Fsp3) is 0.562. The average Bonchev–Trinajstić information content (AvgIpc) is 2.54. The molecule has 1 rings (SSSR count). The van der Waals surface area contributed by atoms with Crippen LogP contribution < -0.4 is 20.1 Å². The molecule has 0 saturated heterocycles. The van der Waals surface area contributed by atoms with E-state index >= 15 is 0 Å². The Balaban J connectivity index is 0.00000484. The van der Waals surface area contributed by atoms with E-state index in [2.05, 4.69) is 15.6 Å². The van der Waals surface area contributed by atoms with Gasteiger partial charge in [0, 0.05) is 27.2 Å². The molecule has 0 unspecified atom stereocenters. The topological polar surface area (TPSA) is 64.1 Å². The van der Waals surface area contributed by atoms with Crippen molar-refractivity contribution < 1.29 is 14.2 Å². The second-order valence-corrected chi connectivity index (χ2v) is 5.43. The molecule has 0 aliphatic carbocycles. The van der Waals surface area contributed by atoms with E-state index in [1.165, 1.54) is 0 Å². The molecule has 0 radical (unpaired) electrons. The molecule has 1 aromatic rings. The molecular formula is C16H28IN3O3. The van der Waals surface area contributed by atoms with Crippen molar-refractivity contribution in [3.63, 3.8) is 0 Å². The number of benzene rings is 1. The van der Waals surface area contributed by atoms with E-state index in [-0.39, 0.29) is 29.6 Å². The van der Waals surface area contributed by atoms with Crippen LogP contribution in [0.5, 0.6) is 11.5 Å². The fourth-order valence-electron chi connectivity index (χ4n) is 1.77. The van der Waals surface area contributed by atoms with Crippen molar-refractivity contribution in [2.75, 3.05) is 34.9 Å². The Kier molecular flexibility index (Phi) is 9.98. The molecule has 23 heavy (non-hydrogen) atoms. The number of hydrogen-bond acceptors (Lipinski definition) is 4. The van der Waals surface area contributed by atoms with Gasteiger partial charge < -0.3 is 24.8 Å². The number of nitrogens with zero attached hydrogens (tertiary/aromatic N) is 1. The lowest BCUT2D eigenvalue weighted by Gasteiger charge is -2.24. The molecule has 0 amide bonds. The van der Waals surface area contributed by atoms with Gasteiger partial charge in [-0.15, -0.1) is 24.0 Å². The molecule has 0 aliphatic heterocycles. The maximum atomic E-state index is 5.38. The van der Waals surface area contributed by atoms with E-state index < -0.39 is 0 Å². The number of nitrogens with one attached hydrogen (secondary N) is 2. The van der Waals surface area contributed by atoms with Crippen LogP contribution in [-0.2, 0) is 11.3 Å². The SMILES string of the molecule is CN=C(NCc1ccc(OC)c(OC)c1)NCC(C)(C)OC.I. The minimum absolute atomic E-state index is 0. The number of rotatable bonds is 7. The highest BCUT2D eigenvalue weighted by molar-refractivity contribution is 14.0. The molecule has 0 aromatic heterocycles. The zero-order valence-electron chi connectivity index (χ0n) is 14.7. The average molecular weight is 437 g/mol. The molecule has 0 aliphatic rings. The predicted molar refractivity (Wildman–Crippen MR) is 104 cm³/mol. The lowest BCUT2D eigenvalue weighted by molar-refractivity contribution is 0.0268. The number of halogens is 1. The van der Waals surface area contributed by atoms with Crippen molar-refractivity contribution in [2.24, 2.45) is 4.99 Å². The second kappa shape index (κ2) is 10.5. The van der Waals surface area contributed by atoms with Gasteiger partial charge in [-0.3, -0.25) is 4.99 Å². The molecule has 0 heterocycles. The summed E-state index contributed by atoms with van der Waals surface area (Å²) in [5.41, 5.74) is 0.827. The van der Waals surface area contributed by atoms with Gasteiger partial charge in [-0.1, -0.05) is 6.07 Å². The molecule has 6 nitrogen and oxygen atoms in total. The third-order valence-electron chi connectivity index (χ3n) is 3.37. The van der Waals surface area contributed by atoms with Crippen LogP contribution in [0, 0.1) is 0 Å². The Hall–Kier alpha value is -1.22. The number of methoxy groups -OCH3 is 3. The molecule has 0 atom stereocenters. The van der Waals surface area contributed by atoms with Gasteiger partial charge in [0.25, 0.3) is 0 Å². The van der Waals surface area contributed by atoms with Crippen molar-refractivity contribution >= 4 is 29.9 Å². The minimum atomic E-state index is -0.249. The van der Waals surface area contributed by atoms with Crippen LogP contribution in [0.3, 0.4) is 0 Å². The molecule has 2 N–H and O–H groups in total. The minimum Gasteiger partial charge on any atom is -0.493 e. The Labute approximate surface area is 156 Å². The van der Waals surface area contributed by atoms with Gasteiger partial charge >= 0.3 is 0 Å². The Morgan fingerprint density at radius 2 is 1.74 bits per heavy atom. The van der Waals surface area contributed by atoms with Crippen LogP contribution in [0.25, 0.3) is 0 Å². The molecule has 7 heteroatoms. The Morgan fingerprint density at radius 1 is 1.09 bits per heavy atom. The van der Waals surface area contributed by atoms with Crippen LogP contribution in [0.2, 0.25) is 0 Å². The highest BCUT2D eigenvalue weighted by Gasteiger charge is 2.16. The van der Waals surface area contributed by atoms with Gasteiger partial charge in [0.05, 0.1) is 19.8 Å². The number of ether oxygens (including phenoxy) is 3. The van der Waals surface area contributed by atoms with Crippen LogP contribution in [-0.4, -0.2) is 46.5 Å². The monoisotopic (exact) mass is 437 g/mol. The summed E-state index contributed by atoms with van der Waals surface area (Å²) in [5, 5.41) is 6.50. The number of guanidine groups is 1. The van der Waals surface area contributed by atoms with Gasteiger partial charge in [0.2, 0.25) is 0 Å². The van der Waals surface area contributed by atoms with Crippen molar-refractivity contribution in [3.8, 4) is 11.5 Å². The van der Waals surface area contributed by atoms with E-state index in [1.807, 2.05) is 32.0 Å². The summed E-state index contributed by atoms with van der Waals surface area (Å²) in [6.45, 7) is 5.33. The normalized spacial score (nSPS) is 11.5. The first-order chi connectivity index (χ1) is 10.5. The Morgan fingerprint density at radius 3 is 2.26 bits per heavy atom. The molecule has 0 bridgehead atoms. The van der Waals surface area contributed by atoms with Gasteiger partial charge in [-0.25, -0.2) is 0 Å². The van der Waals surface area contributed by atoms with Gasteiger partial charge in [-0.05, 0) is 31.5 Å². The predicted octanol–water partition coefficient (Wildman–Crippen LogP) is 2.41. The summed E-state index contributed by atoms with van der Waals surface area (Å²) >= 11 is 0. The maximum Gasteiger partial charge on any atom is 0.191 e. The summed E-state index contributed by atoms with van der Waals surface area (Å²) in [6, 6.07) is 5.82. The van der Waals surface area contributed by atoms with Crippen LogP contribution in [0.4, 0.5) is 0 Å². The number of aliphatic imine (C=N–C) groups is 1. The first kappa shape index (κ1) is 21.8. The van der Waals surface area contributed by atoms with Gasteiger partial charge in [0.15, 0.2) is 17.5 Å². The zero-order valence-corrected chi connectivity index (χ0v) is 17.1.